The second-order valence-corrected chi connectivity index (χ2v) is 5.49. The van der Waals surface area contributed by atoms with Gasteiger partial charge in [-0.2, -0.15) is 0 Å². The molecule has 0 spiro atoms. The van der Waals surface area contributed by atoms with Crippen LogP contribution in [0.3, 0.4) is 0 Å². The molecule has 4 atom stereocenters. The minimum absolute atomic E-state index is 0.133. The predicted molar refractivity (Wildman–Crippen MR) is 82.9 cm³/mol. The van der Waals surface area contributed by atoms with E-state index in [-0.39, 0.29) is 18.8 Å². The van der Waals surface area contributed by atoms with Crippen molar-refractivity contribution in [3.05, 3.63) is 0 Å². The number of carboxylic acid groups (broad SMARTS) is 2. The lowest BCUT2D eigenvalue weighted by Gasteiger charge is -2.24. The van der Waals surface area contributed by atoms with Gasteiger partial charge < -0.3 is 31.7 Å². The van der Waals surface area contributed by atoms with Gasteiger partial charge in [-0.1, -0.05) is 20.3 Å². The molecule has 0 aliphatic carbocycles. The van der Waals surface area contributed by atoms with Crippen LogP contribution in [0.15, 0.2) is 0 Å². The number of hydrogen-bond acceptors (Lipinski definition) is 6. The van der Waals surface area contributed by atoms with Crippen molar-refractivity contribution in [1.82, 2.24) is 10.6 Å². The number of carboxylic acids is 2. The standard InChI is InChI=1S/C14H25N3O7/c1-3-7(2)11(14(23)24)17-13(22)9(6-18)16-12(21)8(15)4-5-10(19)20/h7-9,11,18H,3-6,15H2,1-2H3,(H,16,21)(H,17,22)(H,19,20)(H,23,24). The molecule has 138 valence electrons. The first-order valence-electron chi connectivity index (χ1n) is 7.55. The van der Waals surface area contributed by atoms with Gasteiger partial charge in [0.25, 0.3) is 0 Å². The molecule has 10 heteroatoms. The Balaban J connectivity index is 4.76. The molecular weight excluding hydrogens is 322 g/mol. The Morgan fingerprint density at radius 3 is 2.08 bits per heavy atom. The molecule has 2 amide bonds. The summed E-state index contributed by atoms with van der Waals surface area (Å²) in [7, 11) is 0. The van der Waals surface area contributed by atoms with Gasteiger partial charge in [-0.25, -0.2) is 4.79 Å². The highest BCUT2D eigenvalue weighted by Crippen LogP contribution is 2.08. The molecule has 0 saturated carbocycles. The van der Waals surface area contributed by atoms with Crippen molar-refractivity contribution in [1.29, 1.82) is 0 Å². The van der Waals surface area contributed by atoms with Crippen LogP contribution < -0.4 is 16.4 Å². The summed E-state index contributed by atoms with van der Waals surface area (Å²) >= 11 is 0. The molecule has 0 aliphatic heterocycles. The van der Waals surface area contributed by atoms with Crippen molar-refractivity contribution in [2.75, 3.05) is 6.61 Å². The highest BCUT2D eigenvalue weighted by molar-refractivity contribution is 5.92. The van der Waals surface area contributed by atoms with Gasteiger partial charge in [0.2, 0.25) is 11.8 Å². The van der Waals surface area contributed by atoms with E-state index in [4.69, 9.17) is 15.9 Å². The number of carbonyl (C=O) groups is 4. The van der Waals surface area contributed by atoms with E-state index < -0.39 is 48.5 Å². The lowest BCUT2D eigenvalue weighted by Crippen LogP contribution is -2.56. The summed E-state index contributed by atoms with van der Waals surface area (Å²) in [5.41, 5.74) is 5.51. The van der Waals surface area contributed by atoms with Gasteiger partial charge in [0, 0.05) is 6.42 Å². The molecule has 7 N–H and O–H groups in total. The fourth-order valence-electron chi connectivity index (χ4n) is 1.82. The number of carbonyl (C=O) groups excluding carboxylic acids is 2. The Bertz CT molecular complexity index is 469. The molecule has 0 saturated heterocycles. The normalized spacial score (nSPS) is 15.7. The summed E-state index contributed by atoms with van der Waals surface area (Å²) in [5, 5.41) is 31.3. The zero-order chi connectivity index (χ0) is 18.9. The minimum atomic E-state index is -1.38. The zero-order valence-electron chi connectivity index (χ0n) is 13.7. The molecule has 0 aromatic heterocycles. The Morgan fingerprint density at radius 1 is 1.08 bits per heavy atom. The van der Waals surface area contributed by atoms with E-state index >= 15 is 0 Å². The van der Waals surface area contributed by atoms with Crippen LogP contribution in [-0.4, -0.2) is 63.8 Å². The Kier molecular flexibility index (Phi) is 9.58. The molecule has 0 aromatic carbocycles. The third-order valence-corrected chi connectivity index (χ3v) is 3.60. The first kappa shape index (κ1) is 21.8. The van der Waals surface area contributed by atoms with E-state index in [0.29, 0.717) is 6.42 Å². The van der Waals surface area contributed by atoms with Crippen molar-refractivity contribution < 1.29 is 34.5 Å². The largest absolute Gasteiger partial charge is 0.481 e. The lowest BCUT2D eigenvalue weighted by molar-refractivity contribution is -0.144. The summed E-state index contributed by atoms with van der Waals surface area (Å²) in [6.07, 6.45) is 0.0543. The number of aliphatic hydroxyl groups is 1. The molecule has 0 fully saturated rings. The number of aliphatic carboxylic acids is 2. The van der Waals surface area contributed by atoms with E-state index in [1.807, 2.05) is 0 Å². The Morgan fingerprint density at radius 2 is 1.67 bits per heavy atom. The fraction of sp³-hybridized carbons (Fsp3) is 0.714. The van der Waals surface area contributed by atoms with Crippen LogP contribution in [0.5, 0.6) is 0 Å². The van der Waals surface area contributed by atoms with Crippen LogP contribution in [0.25, 0.3) is 0 Å². The topological polar surface area (TPSA) is 179 Å². The molecule has 24 heavy (non-hydrogen) atoms. The van der Waals surface area contributed by atoms with E-state index in [9.17, 15) is 24.3 Å². The summed E-state index contributed by atoms with van der Waals surface area (Å²) in [5.74, 6) is -4.35. The van der Waals surface area contributed by atoms with E-state index in [0.717, 1.165) is 0 Å². The number of nitrogens with two attached hydrogens (primary N) is 1. The second-order valence-electron chi connectivity index (χ2n) is 5.49. The summed E-state index contributed by atoms with van der Waals surface area (Å²) < 4.78 is 0. The van der Waals surface area contributed by atoms with Gasteiger partial charge in [0.15, 0.2) is 0 Å². The zero-order valence-corrected chi connectivity index (χ0v) is 13.7. The number of hydrogen-bond donors (Lipinski definition) is 6. The number of nitrogens with one attached hydrogen (secondary N) is 2. The first-order valence-corrected chi connectivity index (χ1v) is 7.55. The van der Waals surface area contributed by atoms with Crippen LogP contribution in [0.2, 0.25) is 0 Å². The van der Waals surface area contributed by atoms with Gasteiger partial charge in [-0.15, -0.1) is 0 Å². The molecule has 0 rings (SSSR count). The van der Waals surface area contributed by atoms with Crippen LogP contribution in [0.1, 0.15) is 33.1 Å². The molecule has 0 bridgehead atoms. The molecular formula is C14H25N3O7. The average Bonchev–Trinajstić information content (AvgIpc) is 2.53. The van der Waals surface area contributed by atoms with Crippen molar-refractivity contribution in [3.8, 4) is 0 Å². The monoisotopic (exact) mass is 347 g/mol. The predicted octanol–water partition coefficient (Wildman–Crippen LogP) is -1.73. The fourth-order valence-corrected chi connectivity index (χ4v) is 1.82. The maximum absolute atomic E-state index is 12.0. The van der Waals surface area contributed by atoms with Gasteiger partial charge >= 0.3 is 11.9 Å². The molecule has 0 aromatic rings. The van der Waals surface area contributed by atoms with E-state index in [1.54, 1.807) is 13.8 Å². The maximum atomic E-state index is 12.0. The van der Waals surface area contributed by atoms with Crippen molar-refractivity contribution in [2.45, 2.75) is 51.2 Å². The van der Waals surface area contributed by atoms with Crippen LogP contribution in [-0.2, 0) is 19.2 Å². The van der Waals surface area contributed by atoms with Crippen LogP contribution in [0, 0.1) is 5.92 Å². The second kappa shape index (κ2) is 10.6. The molecule has 4 unspecified atom stereocenters. The number of aliphatic hydroxyl groups excluding tert-OH is 1. The summed E-state index contributed by atoms with van der Waals surface area (Å²) in [6, 6.07) is -3.69. The molecule has 0 aliphatic rings. The lowest BCUT2D eigenvalue weighted by atomic mass is 9.99. The van der Waals surface area contributed by atoms with Crippen molar-refractivity contribution >= 4 is 23.8 Å². The summed E-state index contributed by atoms with van der Waals surface area (Å²) in [6.45, 7) is 2.66. The van der Waals surface area contributed by atoms with Gasteiger partial charge in [-0.3, -0.25) is 14.4 Å². The molecule has 10 nitrogen and oxygen atoms in total. The highest BCUT2D eigenvalue weighted by atomic mass is 16.4. The number of amides is 2. The SMILES string of the molecule is CCC(C)C(NC(=O)C(CO)NC(=O)C(N)CCC(=O)O)C(=O)O. The third kappa shape index (κ3) is 7.38. The Labute approximate surface area is 139 Å². The first-order chi connectivity index (χ1) is 11.1. The third-order valence-electron chi connectivity index (χ3n) is 3.60. The molecule has 0 radical (unpaired) electrons. The maximum Gasteiger partial charge on any atom is 0.326 e. The highest BCUT2D eigenvalue weighted by Gasteiger charge is 2.30. The van der Waals surface area contributed by atoms with Crippen LogP contribution in [0.4, 0.5) is 0 Å². The van der Waals surface area contributed by atoms with Gasteiger partial charge in [-0.05, 0) is 12.3 Å². The molecule has 0 heterocycles. The van der Waals surface area contributed by atoms with Gasteiger partial charge in [0.1, 0.15) is 12.1 Å². The van der Waals surface area contributed by atoms with E-state index in [2.05, 4.69) is 10.6 Å². The van der Waals surface area contributed by atoms with E-state index in [1.165, 1.54) is 0 Å². The Hall–Kier alpha value is -2.20. The van der Waals surface area contributed by atoms with Crippen LogP contribution >= 0.6 is 0 Å². The quantitative estimate of drug-likeness (QED) is 0.255. The minimum Gasteiger partial charge on any atom is -0.481 e. The average molecular weight is 347 g/mol. The smallest absolute Gasteiger partial charge is 0.326 e. The van der Waals surface area contributed by atoms with Crippen molar-refractivity contribution in [2.24, 2.45) is 11.7 Å². The van der Waals surface area contributed by atoms with Gasteiger partial charge in [0.05, 0.1) is 12.6 Å². The van der Waals surface area contributed by atoms with Crippen molar-refractivity contribution in [3.63, 3.8) is 0 Å². The number of rotatable bonds is 11. The summed E-state index contributed by atoms with van der Waals surface area (Å²) in [4.78, 5) is 45.5.